The minimum atomic E-state index is -0.375. The van der Waals surface area contributed by atoms with Crippen molar-refractivity contribution in [1.29, 1.82) is 0 Å². The van der Waals surface area contributed by atoms with E-state index in [4.69, 9.17) is 0 Å². The van der Waals surface area contributed by atoms with E-state index in [2.05, 4.69) is 21.6 Å². The normalized spacial score (nSPS) is 11.9. The van der Waals surface area contributed by atoms with Crippen molar-refractivity contribution in [3.05, 3.63) is 70.7 Å². The number of anilines is 1. The Hall–Kier alpha value is -2.18. The molecule has 24 heavy (non-hydrogen) atoms. The van der Waals surface area contributed by atoms with Crippen molar-refractivity contribution in [2.75, 3.05) is 5.32 Å². The molecule has 3 aromatic rings. The number of rotatable bonds is 5. The van der Waals surface area contributed by atoms with Crippen LogP contribution in [0, 0.1) is 13.8 Å². The van der Waals surface area contributed by atoms with Gasteiger partial charge in [0, 0.05) is 5.69 Å². The third-order valence-corrected chi connectivity index (χ3v) is 5.45. The Morgan fingerprint density at radius 3 is 2.46 bits per heavy atom. The summed E-state index contributed by atoms with van der Waals surface area (Å²) in [5, 5.41) is 10.6. The van der Waals surface area contributed by atoms with Gasteiger partial charge in [-0.25, -0.2) is 0 Å². The number of amides is 1. The molecule has 1 N–H and O–H groups in total. The predicted molar refractivity (Wildman–Crippen MR) is 99.5 cm³/mol. The van der Waals surface area contributed by atoms with Gasteiger partial charge >= 0.3 is 0 Å². The zero-order chi connectivity index (χ0) is 16.9. The highest BCUT2D eigenvalue weighted by Gasteiger charge is 2.23. The number of aryl methyl sites for hydroxylation is 2. The van der Waals surface area contributed by atoms with Crippen LogP contribution in [0.2, 0.25) is 0 Å². The first-order valence-electron chi connectivity index (χ1n) is 7.49. The fourth-order valence-electron chi connectivity index (χ4n) is 2.47. The van der Waals surface area contributed by atoms with Crippen molar-refractivity contribution in [2.45, 2.75) is 23.4 Å². The quantitative estimate of drug-likeness (QED) is 0.678. The maximum Gasteiger partial charge on any atom is 0.242 e. The van der Waals surface area contributed by atoms with Gasteiger partial charge in [-0.05, 0) is 42.7 Å². The largest absolute Gasteiger partial charge is 0.325 e. The Kier molecular flexibility index (Phi) is 5.27. The Balaban J connectivity index is 1.85. The molecule has 0 spiro atoms. The van der Waals surface area contributed by atoms with Crippen LogP contribution in [0.15, 0.2) is 58.4 Å². The molecule has 0 unspecified atom stereocenters. The standard InChI is InChI=1S/C18H17N3OS2/c1-12-8-13(2)10-15(9-12)20-17(22)16(14-6-4-3-5-7-14)24-18-21-19-11-23-18/h3-11,16H,1-2H3,(H,20,22)/t16-/m0/s1. The fraction of sp³-hybridized carbons (Fsp3) is 0.167. The van der Waals surface area contributed by atoms with Crippen LogP contribution in [0.25, 0.3) is 0 Å². The van der Waals surface area contributed by atoms with E-state index in [1.54, 1.807) is 5.51 Å². The number of hydrogen-bond donors (Lipinski definition) is 1. The van der Waals surface area contributed by atoms with Crippen LogP contribution in [0.1, 0.15) is 21.9 Å². The van der Waals surface area contributed by atoms with E-state index in [1.165, 1.54) is 23.1 Å². The maximum atomic E-state index is 12.9. The molecule has 0 radical (unpaired) electrons. The van der Waals surface area contributed by atoms with Crippen molar-refractivity contribution < 1.29 is 4.79 Å². The van der Waals surface area contributed by atoms with E-state index in [-0.39, 0.29) is 11.2 Å². The van der Waals surface area contributed by atoms with E-state index >= 15 is 0 Å². The molecule has 1 atom stereocenters. The van der Waals surface area contributed by atoms with Gasteiger partial charge in [-0.2, -0.15) is 0 Å². The van der Waals surface area contributed by atoms with Gasteiger partial charge in [-0.3, -0.25) is 4.79 Å². The lowest BCUT2D eigenvalue weighted by atomic mass is 10.1. The van der Waals surface area contributed by atoms with Gasteiger partial charge in [0.15, 0.2) is 4.34 Å². The second-order valence-corrected chi connectivity index (χ2v) is 7.66. The van der Waals surface area contributed by atoms with Gasteiger partial charge in [0.1, 0.15) is 10.8 Å². The SMILES string of the molecule is Cc1cc(C)cc(NC(=O)[C@@H](Sc2nncs2)c2ccccc2)c1. The second kappa shape index (κ2) is 7.59. The Morgan fingerprint density at radius 1 is 1.12 bits per heavy atom. The zero-order valence-corrected chi connectivity index (χ0v) is 15.0. The highest BCUT2D eigenvalue weighted by Crippen LogP contribution is 2.36. The highest BCUT2D eigenvalue weighted by molar-refractivity contribution is 8.01. The summed E-state index contributed by atoms with van der Waals surface area (Å²) in [4.78, 5) is 12.9. The summed E-state index contributed by atoms with van der Waals surface area (Å²) in [6.07, 6.45) is 0. The maximum absolute atomic E-state index is 12.9. The van der Waals surface area contributed by atoms with E-state index < -0.39 is 0 Å². The van der Waals surface area contributed by atoms with Gasteiger partial charge in [0.05, 0.1) is 0 Å². The monoisotopic (exact) mass is 355 g/mol. The molecule has 6 heteroatoms. The summed E-state index contributed by atoms with van der Waals surface area (Å²) in [5.74, 6) is -0.0635. The molecule has 0 saturated heterocycles. The molecule has 1 aromatic heterocycles. The van der Waals surface area contributed by atoms with Crippen LogP contribution in [0.3, 0.4) is 0 Å². The minimum Gasteiger partial charge on any atom is -0.325 e. The first-order valence-corrected chi connectivity index (χ1v) is 9.24. The van der Waals surface area contributed by atoms with Crippen molar-refractivity contribution in [3.63, 3.8) is 0 Å². The van der Waals surface area contributed by atoms with Crippen LogP contribution >= 0.6 is 23.1 Å². The summed E-state index contributed by atoms with van der Waals surface area (Å²) in [6, 6.07) is 15.8. The smallest absolute Gasteiger partial charge is 0.242 e. The highest BCUT2D eigenvalue weighted by atomic mass is 32.2. The summed E-state index contributed by atoms with van der Waals surface area (Å²) in [6.45, 7) is 4.04. The van der Waals surface area contributed by atoms with E-state index in [0.29, 0.717) is 0 Å². The van der Waals surface area contributed by atoms with Gasteiger partial charge in [0.25, 0.3) is 0 Å². The third-order valence-electron chi connectivity index (χ3n) is 3.39. The van der Waals surface area contributed by atoms with E-state index in [0.717, 1.165) is 26.7 Å². The average Bonchev–Trinajstić information content (AvgIpc) is 3.05. The summed E-state index contributed by atoms with van der Waals surface area (Å²) in [7, 11) is 0. The number of nitrogens with zero attached hydrogens (tertiary/aromatic N) is 2. The number of nitrogens with one attached hydrogen (secondary N) is 1. The van der Waals surface area contributed by atoms with Gasteiger partial charge in [-0.1, -0.05) is 59.5 Å². The number of carbonyl (C=O) groups is 1. The molecule has 2 aromatic carbocycles. The van der Waals surface area contributed by atoms with Crippen molar-refractivity contribution in [2.24, 2.45) is 0 Å². The number of benzene rings is 2. The van der Waals surface area contributed by atoms with Crippen LogP contribution in [-0.2, 0) is 4.79 Å². The Morgan fingerprint density at radius 2 is 1.83 bits per heavy atom. The average molecular weight is 355 g/mol. The van der Waals surface area contributed by atoms with Gasteiger partial charge in [-0.15, -0.1) is 10.2 Å². The molecule has 1 heterocycles. The van der Waals surface area contributed by atoms with Crippen molar-refractivity contribution >= 4 is 34.7 Å². The number of carbonyl (C=O) groups excluding carboxylic acids is 1. The molecular formula is C18H17N3OS2. The van der Waals surface area contributed by atoms with Crippen LogP contribution in [0.4, 0.5) is 5.69 Å². The van der Waals surface area contributed by atoms with E-state index in [9.17, 15) is 4.79 Å². The zero-order valence-electron chi connectivity index (χ0n) is 13.4. The lowest BCUT2D eigenvalue weighted by molar-refractivity contribution is -0.115. The third kappa shape index (κ3) is 4.21. The molecule has 0 aliphatic heterocycles. The molecule has 122 valence electrons. The molecule has 0 bridgehead atoms. The first-order chi connectivity index (χ1) is 11.6. The molecule has 3 rings (SSSR count). The molecule has 1 amide bonds. The Bertz CT molecular complexity index is 799. The molecule has 0 fully saturated rings. The van der Waals surface area contributed by atoms with Gasteiger partial charge < -0.3 is 5.32 Å². The van der Waals surface area contributed by atoms with Crippen LogP contribution in [0.5, 0.6) is 0 Å². The number of thioether (sulfide) groups is 1. The van der Waals surface area contributed by atoms with Gasteiger partial charge in [0.2, 0.25) is 5.91 Å². The fourth-order valence-corrected chi connectivity index (χ4v) is 4.14. The first kappa shape index (κ1) is 16.7. The second-order valence-electron chi connectivity index (χ2n) is 5.48. The summed E-state index contributed by atoms with van der Waals surface area (Å²) < 4.78 is 0.777. The lowest BCUT2D eigenvalue weighted by Gasteiger charge is -2.16. The molecule has 0 saturated carbocycles. The topological polar surface area (TPSA) is 54.9 Å². The minimum absolute atomic E-state index is 0.0635. The summed E-state index contributed by atoms with van der Waals surface area (Å²) in [5.41, 5.74) is 5.68. The molecule has 0 aliphatic carbocycles. The predicted octanol–water partition coefficient (Wildman–Crippen LogP) is 4.63. The number of aromatic nitrogens is 2. The molecule has 4 nitrogen and oxygen atoms in total. The number of hydrogen-bond acceptors (Lipinski definition) is 5. The molecular weight excluding hydrogens is 338 g/mol. The lowest BCUT2D eigenvalue weighted by Crippen LogP contribution is -2.19. The van der Waals surface area contributed by atoms with Crippen molar-refractivity contribution in [1.82, 2.24) is 10.2 Å². The van der Waals surface area contributed by atoms with Crippen LogP contribution < -0.4 is 5.32 Å². The summed E-state index contributed by atoms with van der Waals surface area (Å²) >= 11 is 2.85. The Labute approximate surface area is 149 Å². The molecule has 0 aliphatic rings. The van der Waals surface area contributed by atoms with E-state index in [1.807, 2.05) is 56.3 Å². The van der Waals surface area contributed by atoms with Crippen molar-refractivity contribution in [3.8, 4) is 0 Å². The van der Waals surface area contributed by atoms with Crippen LogP contribution in [-0.4, -0.2) is 16.1 Å².